The molecule has 2 aromatic heterocycles. The van der Waals surface area contributed by atoms with E-state index in [1.165, 1.54) is 18.5 Å². The molecule has 0 unspecified atom stereocenters. The number of carbonyl (C=O) groups excluding carboxylic acids is 1. The summed E-state index contributed by atoms with van der Waals surface area (Å²) in [7, 11) is 0. The lowest BCUT2D eigenvalue weighted by molar-refractivity contribution is 0.102. The Morgan fingerprint density at radius 3 is 2.56 bits per heavy atom. The Morgan fingerprint density at radius 2 is 1.94 bits per heavy atom. The van der Waals surface area contributed by atoms with Crippen LogP contribution in [-0.2, 0) is 0 Å². The van der Waals surface area contributed by atoms with Gasteiger partial charge < -0.3 is 4.98 Å². The molecule has 0 aliphatic heterocycles. The second-order valence-corrected chi connectivity index (χ2v) is 3.85. The van der Waals surface area contributed by atoms with Crippen LogP contribution in [0.4, 0.5) is 5.95 Å². The minimum Gasteiger partial charge on any atom is -0.367 e. The van der Waals surface area contributed by atoms with Crippen molar-refractivity contribution >= 4 is 11.9 Å². The summed E-state index contributed by atoms with van der Waals surface area (Å²) >= 11 is 0. The van der Waals surface area contributed by atoms with E-state index in [0.29, 0.717) is 0 Å². The van der Waals surface area contributed by atoms with Gasteiger partial charge in [0.1, 0.15) is 5.56 Å². The number of H-pyrrole nitrogens is 1. The van der Waals surface area contributed by atoms with Gasteiger partial charge in [0.05, 0.1) is 0 Å². The van der Waals surface area contributed by atoms with E-state index < -0.39 is 5.91 Å². The zero-order valence-electron chi connectivity index (χ0n) is 10.0. The van der Waals surface area contributed by atoms with Crippen molar-refractivity contribution in [3.8, 4) is 0 Å². The first kappa shape index (κ1) is 12.0. The van der Waals surface area contributed by atoms with Crippen LogP contribution in [0, 0.1) is 13.8 Å². The highest BCUT2D eigenvalue weighted by Crippen LogP contribution is 2.04. The maximum Gasteiger partial charge on any atom is 0.263 e. The predicted octanol–water partition coefficient (Wildman–Crippen LogP) is 1.03. The summed E-state index contributed by atoms with van der Waals surface area (Å²) in [5.74, 6) is -0.331. The maximum absolute atomic E-state index is 11.8. The summed E-state index contributed by atoms with van der Waals surface area (Å²) in [6.07, 6.45) is 2.81. The van der Waals surface area contributed by atoms with Gasteiger partial charge in [0.25, 0.3) is 5.91 Å². The molecular formula is C12H12N4O2. The van der Waals surface area contributed by atoms with Gasteiger partial charge in [-0.05, 0) is 19.9 Å². The van der Waals surface area contributed by atoms with Crippen molar-refractivity contribution in [1.82, 2.24) is 15.0 Å². The first-order valence-electron chi connectivity index (χ1n) is 5.37. The molecular weight excluding hydrogens is 232 g/mol. The van der Waals surface area contributed by atoms with E-state index in [4.69, 9.17) is 0 Å². The van der Waals surface area contributed by atoms with E-state index >= 15 is 0 Å². The number of pyridine rings is 1. The molecule has 18 heavy (non-hydrogen) atoms. The predicted molar refractivity (Wildman–Crippen MR) is 66.5 cm³/mol. The lowest BCUT2D eigenvalue weighted by Gasteiger charge is -2.04. The molecule has 6 nitrogen and oxygen atoms in total. The molecule has 2 heterocycles. The number of nitrogens with zero attached hydrogens (tertiary/aromatic N) is 2. The molecule has 0 aromatic carbocycles. The Balaban J connectivity index is 2.27. The van der Waals surface area contributed by atoms with Gasteiger partial charge in [-0.1, -0.05) is 0 Å². The van der Waals surface area contributed by atoms with Crippen LogP contribution in [0.5, 0.6) is 0 Å². The van der Waals surface area contributed by atoms with Gasteiger partial charge in [0.15, 0.2) is 5.43 Å². The Morgan fingerprint density at radius 1 is 1.28 bits per heavy atom. The Labute approximate surface area is 103 Å². The molecule has 0 saturated carbocycles. The normalized spacial score (nSPS) is 10.1. The standard InChI is InChI=1S/C12H12N4O2/c1-7-5-8(2)15-12(14-7)16-11(18)9-6-13-4-3-10(9)17/h3-6H,1-2H3,(H,13,17)(H,14,15,16,18). The number of rotatable bonds is 2. The van der Waals surface area contributed by atoms with Gasteiger partial charge in [-0.3, -0.25) is 14.9 Å². The molecule has 2 N–H and O–H groups in total. The molecule has 0 fully saturated rings. The topological polar surface area (TPSA) is 87.7 Å². The third-order valence-electron chi connectivity index (χ3n) is 2.28. The monoisotopic (exact) mass is 244 g/mol. The van der Waals surface area contributed by atoms with Crippen LogP contribution in [0.15, 0.2) is 29.3 Å². The molecule has 0 atom stereocenters. The SMILES string of the molecule is Cc1cc(C)nc(NC(=O)c2c[nH]ccc2=O)n1. The highest BCUT2D eigenvalue weighted by atomic mass is 16.2. The second-order valence-electron chi connectivity index (χ2n) is 3.85. The van der Waals surface area contributed by atoms with Crippen molar-refractivity contribution in [2.45, 2.75) is 13.8 Å². The molecule has 0 radical (unpaired) electrons. The van der Waals surface area contributed by atoms with Crippen LogP contribution in [0.3, 0.4) is 0 Å². The lowest BCUT2D eigenvalue weighted by Crippen LogP contribution is -2.22. The van der Waals surface area contributed by atoms with Crippen LogP contribution in [-0.4, -0.2) is 20.9 Å². The van der Waals surface area contributed by atoms with Crippen molar-refractivity contribution in [3.05, 3.63) is 51.7 Å². The van der Waals surface area contributed by atoms with Gasteiger partial charge in [0.2, 0.25) is 5.95 Å². The smallest absolute Gasteiger partial charge is 0.263 e. The molecule has 0 saturated heterocycles. The average molecular weight is 244 g/mol. The van der Waals surface area contributed by atoms with E-state index in [0.717, 1.165) is 11.4 Å². The van der Waals surface area contributed by atoms with Crippen LogP contribution >= 0.6 is 0 Å². The van der Waals surface area contributed by atoms with E-state index in [9.17, 15) is 9.59 Å². The van der Waals surface area contributed by atoms with Gasteiger partial charge in [-0.15, -0.1) is 0 Å². The third-order valence-corrected chi connectivity index (χ3v) is 2.28. The van der Waals surface area contributed by atoms with Gasteiger partial charge in [-0.2, -0.15) is 0 Å². The molecule has 0 aliphatic carbocycles. The third kappa shape index (κ3) is 2.60. The zero-order valence-corrected chi connectivity index (χ0v) is 10.0. The highest BCUT2D eigenvalue weighted by Gasteiger charge is 2.11. The van der Waals surface area contributed by atoms with Crippen LogP contribution < -0.4 is 10.7 Å². The summed E-state index contributed by atoms with van der Waals surface area (Å²) in [6, 6.07) is 3.09. The molecule has 2 aromatic rings. The number of aromatic amines is 1. The maximum atomic E-state index is 11.8. The number of nitrogens with one attached hydrogen (secondary N) is 2. The van der Waals surface area contributed by atoms with Crippen LogP contribution in [0.2, 0.25) is 0 Å². The molecule has 2 rings (SSSR count). The van der Waals surface area contributed by atoms with Crippen molar-refractivity contribution in [2.75, 3.05) is 5.32 Å². The number of hydrogen-bond donors (Lipinski definition) is 2. The fourth-order valence-electron chi connectivity index (χ4n) is 1.54. The van der Waals surface area contributed by atoms with Gasteiger partial charge in [0, 0.05) is 29.8 Å². The van der Waals surface area contributed by atoms with E-state index in [1.54, 1.807) is 19.9 Å². The second kappa shape index (κ2) is 4.79. The number of aryl methyl sites for hydroxylation is 2. The lowest BCUT2D eigenvalue weighted by atomic mass is 10.2. The van der Waals surface area contributed by atoms with Crippen LogP contribution in [0.1, 0.15) is 21.7 Å². The molecule has 0 spiro atoms. The largest absolute Gasteiger partial charge is 0.367 e. The van der Waals surface area contributed by atoms with E-state index in [-0.39, 0.29) is 16.9 Å². The van der Waals surface area contributed by atoms with E-state index in [1.807, 2.05) is 0 Å². The summed E-state index contributed by atoms with van der Waals surface area (Å²) in [5, 5.41) is 2.50. The van der Waals surface area contributed by atoms with Gasteiger partial charge >= 0.3 is 0 Å². The summed E-state index contributed by atoms with van der Waals surface area (Å²) in [6.45, 7) is 3.61. The van der Waals surface area contributed by atoms with Crippen LogP contribution in [0.25, 0.3) is 0 Å². The van der Waals surface area contributed by atoms with E-state index in [2.05, 4.69) is 20.3 Å². The quantitative estimate of drug-likeness (QED) is 0.826. The first-order valence-corrected chi connectivity index (χ1v) is 5.37. The Hall–Kier alpha value is -2.50. The van der Waals surface area contributed by atoms with Crippen molar-refractivity contribution in [2.24, 2.45) is 0 Å². The molecule has 92 valence electrons. The number of amides is 1. The number of aromatic nitrogens is 3. The molecule has 0 bridgehead atoms. The summed E-state index contributed by atoms with van der Waals surface area (Å²) < 4.78 is 0. The number of hydrogen-bond acceptors (Lipinski definition) is 4. The molecule has 0 aliphatic rings. The zero-order chi connectivity index (χ0) is 13.1. The first-order chi connectivity index (χ1) is 8.56. The minimum absolute atomic E-state index is 0.0280. The highest BCUT2D eigenvalue weighted by molar-refractivity contribution is 6.02. The fraction of sp³-hybridized carbons (Fsp3) is 0.167. The summed E-state index contributed by atoms with van der Waals surface area (Å²) in [4.78, 5) is 34.1. The average Bonchev–Trinajstić information content (AvgIpc) is 2.27. The molecule has 6 heteroatoms. The fourth-order valence-corrected chi connectivity index (χ4v) is 1.54. The van der Waals surface area contributed by atoms with Gasteiger partial charge in [-0.25, -0.2) is 9.97 Å². The van der Waals surface area contributed by atoms with Crippen molar-refractivity contribution in [1.29, 1.82) is 0 Å². The summed E-state index contributed by atoms with van der Waals surface area (Å²) in [5.41, 5.74) is 1.18. The minimum atomic E-state index is -0.526. The Kier molecular flexibility index (Phi) is 3.18. The molecule has 1 amide bonds. The van der Waals surface area contributed by atoms with Crippen molar-refractivity contribution in [3.63, 3.8) is 0 Å². The van der Waals surface area contributed by atoms with Crippen molar-refractivity contribution < 1.29 is 4.79 Å². The number of anilines is 1. The Bertz CT molecular complexity index is 628. The number of carbonyl (C=O) groups is 1.